The number of amides is 1. The lowest BCUT2D eigenvalue weighted by Gasteiger charge is -2.26. The maximum Gasteiger partial charge on any atom is 0.416 e. The van der Waals surface area contributed by atoms with Crippen molar-refractivity contribution < 1.29 is 31.1 Å². The molecule has 0 aliphatic rings. The summed E-state index contributed by atoms with van der Waals surface area (Å²) in [4.78, 5) is 12.7. The summed E-state index contributed by atoms with van der Waals surface area (Å²) in [5, 5.41) is 2.69. The molecule has 0 unspecified atom stereocenters. The lowest BCUT2D eigenvalue weighted by atomic mass is 10.1. The quantitative estimate of drug-likeness (QED) is 0.491. The molecule has 0 radical (unpaired) electrons. The predicted molar refractivity (Wildman–Crippen MR) is 122 cm³/mol. The van der Waals surface area contributed by atoms with Crippen LogP contribution in [0.15, 0.2) is 83.8 Å². The number of alkyl halides is 3. The van der Waals surface area contributed by atoms with Crippen LogP contribution in [0, 0.1) is 0 Å². The van der Waals surface area contributed by atoms with Gasteiger partial charge >= 0.3 is 6.18 Å². The number of nitrogens with one attached hydrogen (secondary N) is 1. The smallest absolute Gasteiger partial charge is 0.416 e. The maximum absolute atomic E-state index is 13.3. The number of nitrogens with zero attached hydrogens (tertiary/aromatic N) is 1. The van der Waals surface area contributed by atoms with Crippen molar-refractivity contribution in [2.45, 2.75) is 24.0 Å². The maximum atomic E-state index is 13.3. The molecule has 10 heteroatoms. The Labute approximate surface area is 196 Å². The van der Waals surface area contributed by atoms with E-state index in [2.05, 4.69) is 5.32 Å². The Balaban J connectivity index is 1.92. The molecular formula is C24H23F3N2O4S. The van der Waals surface area contributed by atoms with Crippen LogP contribution in [-0.2, 0) is 21.0 Å². The topological polar surface area (TPSA) is 75.7 Å². The Morgan fingerprint density at radius 1 is 1.00 bits per heavy atom. The Morgan fingerprint density at radius 2 is 1.65 bits per heavy atom. The molecule has 0 fully saturated rings. The molecule has 1 atom stereocenters. The van der Waals surface area contributed by atoms with Crippen molar-refractivity contribution in [3.63, 3.8) is 0 Å². The van der Waals surface area contributed by atoms with Crippen molar-refractivity contribution in [1.29, 1.82) is 0 Å². The number of halogens is 3. The number of hydrogen-bond acceptors (Lipinski definition) is 4. The third-order valence-electron chi connectivity index (χ3n) is 5.07. The summed E-state index contributed by atoms with van der Waals surface area (Å²) in [7, 11) is -2.81. The van der Waals surface area contributed by atoms with Gasteiger partial charge in [0.2, 0.25) is 5.91 Å². The van der Waals surface area contributed by atoms with Crippen LogP contribution in [0.25, 0.3) is 0 Å². The molecule has 3 rings (SSSR count). The van der Waals surface area contributed by atoms with Gasteiger partial charge in [-0.25, -0.2) is 8.42 Å². The molecule has 0 heterocycles. The first-order valence-electron chi connectivity index (χ1n) is 10.2. The standard InChI is InChI=1S/C24H23F3N2O4S/c1-17(18-11-13-21(33-2)14-12-18)28-23(30)16-29(34(31,32)22-9-4-3-5-10-22)20-8-6-7-19(15-20)24(25,26)27/h3-15,17H,16H2,1-2H3,(H,28,30)/t17-/m0/s1. The van der Waals surface area contributed by atoms with Crippen LogP contribution < -0.4 is 14.4 Å². The van der Waals surface area contributed by atoms with E-state index in [1.807, 2.05) is 0 Å². The van der Waals surface area contributed by atoms with Crippen LogP contribution in [0.4, 0.5) is 18.9 Å². The summed E-state index contributed by atoms with van der Waals surface area (Å²) in [6, 6.07) is 17.5. The van der Waals surface area contributed by atoms with E-state index < -0.39 is 40.3 Å². The van der Waals surface area contributed by atoms with Gasteiger partial charge in [-0.3, -0.25) is 9.10 Å². The number of carbonyl (C=O) groups excluding carboxylic acids is 1. The van der Waals surface area contributed by atoms with Gasteiger partial charge in [-0.05, 0) is 55.0 Å². The molecule has 0 aliphatic heterocycles. The van der Waals surface area contributed by atoms with E-state index >= 15 is 0 Å². The minimum Gasteiger partial charge on any atom is -0.497 e. The van der Waals surface area contributed by atoms with Gasteiger partial charge in [-0.15, -0.1) is 0 Å². The number of rotatable bonds is 8. The Bertz CT molecular complexity index is 1230. The van der Waals surface area contributed by atoms with Crippen LogP contribution in [0.1, 0.15) is 24.1 Å². The average molecular weight is 493 g/mol. The van der Waals surface area contributed by atoms with Crippen molar-refractivity contribution in [2.75, 3.05) is 18.0 Å². The first-order chi connectivity index (χ1) is 16.0. The Morgan fingerprint density at radius 3 is 2.24 bits per heavy atom. The van der Waals surface area contributed by atoms with E-state index in [1.165, 1.54) is 37.4 Å². The summed E-state index contributed by atoms with van der Waals surface area (Å²) < 4.78 is 72.2. The van der Waals surface area contributed by atoms with E-state index in [9.17, 15) is 26.4 Å². The van der Waals surface area contributed by atoms with Gasteiger partial charge in [-0.2, -0.15) is 13.2 Å². The third-order valence-corrected chi connectivity index (χ3v) is 6.86. The van der Waals surface area contributed by atoms with Gasteiger partial charge in [0.15, 0.2) is 0 Å². The highest BCUT2D eigenvalue weighted by Crippen LogP contribution is 2.33. The van der Waals surface area contributed by atoms with E-state index in [-0.39, 0.29) is 10.6 Å². The zero-order valence-corrected chi connectivity index (χ0v) is 19.2. The van der Waals surface area contributed by atoms with Crippen LogP contribution >= 0.6 is 0 Å². The molecule has 3 aromatic carbocycles. The highest BCUT2D eigenvalue weighted by Gasteiger charge is 2.33. The Hall–Kier alpha value is -3.53. The van der Waals surface area contributed by atoms with E-state index in [0.717, 1.165) is 17.7 Å². The predicted octanol–water partition coefficient (Wildman–Crippen LogP) is 4.79. The van der Waals surface area contributed by atoms with E-state index in [4.69, 9.17) is 4.74 Å². The van der Waals surface area contributed by atoms with Crippen LogP contribution in [0.3, 0.4) is 0 Å². The van der Waals surface area contributed by atoms with Gasteiger partial charge in [0.25, 0.3) is 10.0 Å². The number of benzene rings is 3. The molecule has 0 aliphatic carbocycles. The van der Waals surface area contributed by atoms with Gasteiger partial charge in [0, 0.05) is 0 Å². The van der Waals surface area contributed by atoms with Crippen molar-refractivity contribution in [3.05, 3.63) is 90.0 Å². The summed E-state index contributed by atoms with van der Waals surface area (Å²) >= 11 is 0. The number of methoxy groups -OCH3 is 1. The molecule has 3 aromatic rings. The van der Waals surface area contributed by atoms with Crippen LogP contribution in [0.5, 0.6) is 5.75 Å². The number of sulfonamides is 1. The first-order valence-corrected chi connectivity index (χ1v) is 11.6. The summed E-state index contributed by atoms with van der Waals surface area (Å²) in [6.45, 7) is 0.999. The summed E-state index contributed by atoms with van der Waals surface area (Å²) in [5.41, 5.74) is -0.554. The molecule has 0 aromatic heterocycles. The zero-order valence-electron chi connectivity index (χ0n) is 18.4. The molecule has 0 spiro atoms. The summed E-state index contributed by atoms with van der Waals surface area (Å²) in [5.74, 6) is -0.0489. The van der Waals surface area contributed by atoms with Gasteiger partial charge in [0.1, 0.15) is 12.3 Å². The van der Waals surface area contributed by atoms with E-state index in [1.54, 1.807) is 37.3 Å². The molecule has 0 saturated heterocycles. The second-order valence-corrected chi connectivity index (χ2v) is 9.30. The normalized spacial score (nSPS) is 12.6. The fourth-order valence-corrected chi connectivity index (χ4v) is 4.70. The largest absolute Gasteiger partial charge is 0.497 e. The van der Waals surface area contributed by atoms with E-state index in [0.29, 0.717) is 16.1 Å². The minimum absolute atomic E-state index is 0.150. The number of carbonyl (C=O) groups is 1. The fraction of sp³-hybridized carbons (Fsp3) is 0.208. The third kappa shape index (κ3) is 5.88. The lowest BCUT2D eigenvalue weighted by Crippen LogP contribution is -2.41. The zero-order chi connectivity index (χ0) is 24.9. The van der Waals surface area contributed by atoms with Gasteiger partial charge in [-0.1, -0.05) is 36.4 Å². The highest BCUT2D eigenvalue weighted by molar-refractivity contribution is 7.92. The summed E-state index contributed by atoms with van der Waals surface area (Å²) in [6.07, 6.45) is -4.68. The fourth-order valence-electron chi connectivity index (χ4n) is 3.27. The van der Waals surface area contributed by atoms with Crippen LogP contribution in [0.2, 0.25) is 0 Å². The molecule has 0 saturated carbocycles. The van der Waals surface area contributed by atoms with Crippen molar-refractivity contribution in [1.82, 2.24) is 5.32 Å². The molecule has 6 nitrogen and oxygen atoms in total. The number of ether oxygens (including phenoxy) is 1. The monoisotopic (exact) mass is 492 g/mol. The first kappa shape index (κ1) is 25.1. The second-order valence-electron chi connectivity index (χ2n) is 7.44. The van der Waals surface area contributed by atoms with Crippen molar-refractivity contribution in [2.24, 2.45) is 0 Å². The van der Waals surface area contributed by atoms with Crippen molar-refractivity contribution in [3.8, 4) is 5.75 Å². The average Bonchev–Trinajstić information content (AvgIpc) is 2.82. The minimum atomic E-state index is -4.68. The van der Waals surface area contributed by atoms with Crippen molar-refractivity contribution >= 4 is 21.6 Å². The molecule has 34 heavy (non-hydrogen) atoms. The molecule has 0 bridgehead atoms. The van der Waals surface area contributed by atoms with Gasteiger partial charge < -0.3 is 10.1 Å². The molecule has 180 valence electrons. The SMILES string of the molecule is COc1ccc([C@H](C)NC(=O)CN(c2cccc(C(F)(F)F)c2)S(=O)(=O)c2ccccc2)cc1. The number of hydrogen-bond donors (Lipinski definition) is 1. The lowest BCUT2D eigenvalue weighted by molar-refractivity contribution is -0.137. The number of anilines is 1. The van der Waals surface area contributed by atoms with Gasteiger partial charge in [0.05, 0.1) is 29.3 Å². The molecule has 1 amide bonds. The van der Waals surface area contributed by atoms with Crippen LogP contribution in [-0.4, -0.2) is 28.0 Å². The Kier molecular flexibility index (Phi) is 7.51. The second kappa shape index (κ2) is 10.2. The molecule has 1 N–H and O–H groups in total. The molecular weight excluding hydrogens is 469 g/mol. The highest BCUT2D eigenvalue weighted by atomic mass is 32.2.